The number of nitrogens with one attached hydrogen (secondary N) is 1. The lowest BCUT2D eigenvalue weighted by Crippen LogP contribution is -2.07. The van der Waals surface area contributed by atoms with Crippen LogP contribution in [0.1, 0.15) is 5.56 Å². The largest absolute Gasteiger partial charge is 0.297 e. The van der Waals surface area contributed by atoms with Crippen LogP contribution in [0.4, 0.5) is 5.13 Å². The smallest absolute Gasteiger partial charge is 0.250 e. The van der Waals surface area contributed by atoms with Crippen LogP contribution >= 0.6 is 34.7 Å². The second-order valence-corrected chi connectivity index (χ2v) is 5.92. The van der Waals surface area contributed by atoms with Crippen LogP contribution in [-0.2, 0) is 4.79 Å². The van der Waals surface area contributed by atoms with E-state index in [1.807, 2.05) is 18.4 Å². The molecular formula is C12H10ClN3OS2. The number of thioether (sulfide) groups is 1. The van der Waals surface area contributed by atoms with E-state index in [2.05, 4.69) is 15.5 Å². The molecule has 0 radical (unpaired) electrons. The Morgan fingerprint density at radius 1 is 1.37 bits per heavy atom. The van der Waals surface area contributed by atoms with E-state index in [9.17, 15) is 4.79 Å². The molecule has 0 bridgehead atoms. The fourth-order valence-corrected chi connectivity index (χ4v) is 2.53. The van der Waals surface area contributed by atoms with E-state index in [0.717, 1.165) is 9.90 Å². The lowest BCUT2D eigenvalue weighted by atomic mass is 10.2. The maximum Gasteiger partial charge on any atom is 0.250 e. The van der Waals surface area contributed by atoms with E-state index < -0.39 is 0 Å². The van der Waals surface area contributed by atoms with E-state index in [4.69, 9.17) is 11.6 Å². The quantitative estimate of drug-likeness (QED) is 0.533. The van der Waals surface area contributed by atoms with Crippen LogP contribution in [0.3, 0.4) is 0 Å². The van der Waals surface area contributed by atoms with Gasteiger partial charge in [-0.1, -0.05) is 46.8 Å². The molecule has 2 rings (SSSR count). The SMILES string of the molecule is CSc1nnc(NC(=O)/C=C/c2ccc(Cl)cc2)s1. The molecule has 1 aromatic heterocycles. The summed E-state index contributed by atoms with van der Waals surface area (Å²) in [5.74, 6) is -0.237. The zero-order valence-corrected chi connectivity index (χ0v) is 12.4. The minimum Gasteiger partial charge on any atom is -0.297 e. The van der Waals surface area contributed by atoms with Gasteiger partial charge in [-0.05, 0) is 30.0 Å². The van der Waals surface area contributed by atoms with Crippen molar-refractivity contribution in [3.05, 3.63) is 40.9 Å². The summed E-state index contributed by atoms with van der Waals surface area (Å²) in [6.07, 6.45) is 5.07. The summed E-state index contributed by atoms with van der Waals surface area (Å²) in [7, 11) is 0. The van der Waals surface area contributed by atoms with Gasteiger partial charge in [-0.25, -0.2) is 0 Å². The molecule has 4 nitrogen and oxygen atoms in total. The van der Waals surface area contributed by atoms with Crippen LogP contribution in [-0.4, -0.2) is 22.4 Å². The monoisotopic (exact) mass is 311 g/mol. The lowest BCUT2D eigenvalue weighted by molar-refractivity contribution is -0.111. The van der Waals surface area contributed by atoms with Gasteiger partial charge < -0.3 is 0 Å². The number of aromatic nitrogens is 2. The van der Waals surface area contributed by atoms with Crippen molar-refractivity contribution < 1.29 is 4.79 Å². The molecule has 1 N–H and O–H groups in total. The van der Waals surface area contributed by atoms with Crippen molar-refractivity contribution in [2.75, 3.05) is 11.6 Å². The summed E-state index contributed by atoms with van der Waals surface area (Å²) in [5.41, 5.74) is 0.904. The van der Waals surface area contributed by atoms with Crippen LogP contribution in [0.15, 0.2) is 34.7 Å². The molecule has 7 heteroatoms. The molecule has 0 aliphatic rings. The van der Waals surface area contributed by atoms with Gasteiger partial charge in [0.2, 0.25) is 11.0 Å². The summed E-state index contributed by atoms with van der Waals surface area (Å²) >= 11 is 8.61. The van der Waals surface area contributed by atoms with Crippen molar-refractivity contribution in [2.24, 2.45) is 0 Å². The Morgan fingerprint density at radius 2 is 2.11 bits per heavy atom. The molecule has 0 fully saturated rings. The van der Waals surface area contributed by atoms with Crippen LogP contribution in [0, 0.1) is 0 Å². The molecule has 0 aliphatic carbocycles. The molecule has 1 heterocycles. The van der Waals surface area contributed by atoms with E-state index in [0.29, 0.717) is 10.2 Å². The average Bonchev–Trinajstić information content (AvgIpc) is 2.86. The van der Waals surface area contributed by atoms with Gasteiger partial charge in [-0.3, -0.25) is 10.1 Å². The molecule has 0 unspecified atom stereocenters. The second kappa shape index (κ2) is 6.70. The van der Waals surface area contributed by atoms with Crippen molar-refractivity contribution in [3.8, 4) is 0 Å². The molecular weight excluding hydrogens is 302 g/mol. The highest BCUT2D eigenvalue weighted by Crippen LogP contribution is 2.22. The standard InChI is InChI=1S/C12H10ClN3OS2/c1-18-12-16-15-11(19-12)14-10(17)7-4-8-2-5-9(13)6-3-8/h2-7H,1H3,(H,14,15,17)/b7-4+. The zero-order chi connectivity index (χ0) is 13.7. The van der Waals surface area contributed by atoms with Gasteiger partial charge >= 0.3 is 0 Å². The van der Waals surface area contributed by atoms with E-state index in [-0.39, 0.29) is 5.91 Å². The Morgan fingerprint density at radius 3 is 2.74 bits per heavy atom. The van der Waals surface area contributed by atoms with Crippen LogP contribution in [0.5, 0.6) is 0 Å². The van der Waals surface area contributed by atoms with Gasteiger partial charge in [0, 0.05) is 11.1 Å². The van der Waals surface area contributed by atoms with Crippen LogP contribution < -0.4 is 5.32 Å². The number of rotatable bonds is 4. The average molecular weight is 312 g/mol. The minimum atomic E-state index is -0.237. The molecule has 98 valence electrons. The molecule has 0 spiro atoms. The first-order valence-electron chi connectivity index (χ1n) is 5.29. The summed E-state index contributed by atoms with van der Waals surface area (Å²) in [6.45, 7) is 0. The first-order chi connectivity index (χ1) is 9.17. The number of halogens is 1. The molecule has 0 saturated heterocycles. The predicted molar refractivity (Wildman–Crippen MR) is 80.8 cm³/mol. The van der Waals surface area contributed by atoms with Crippen molar-refractivity contribution in [3.63, 3.8) is 0 Å². The number of nitrogens with zero attached hydrogens (tertiary/aromatic N) is 2. The Labute approximate surface area is 123 Å². The summed E-state index contributed by atoms with van der Waals surface area (Å²) in [6, 6.07) is 7.22. The number of anilines is 1. The number of carbonyl (C=O) groups is 1. The highest BCUT2D eigenvalue weighted by atomic mass is 35.5. The summed E-state index contributed by atoms with van der Waals surface area (Å²) < 4.78 is 0.817. The lowest BCUT2D eigenvalue weighted by Gasteiger charge is -1.95. The van der Waals surface area contributed by atoms with E-state index in [1.165, 1.54) is 29.2 Å². The van der Waals surface area contributed by atoms with Crippen molar-refractivity contribution >= 4 is 51.8 Å². The Bertz CT molecular complexity index is 595. The molecule has 19 heavy (non-hydrogen) atoms. The van der Waals surface area contributed by atoms with E-state index in [1.54, 1.807) is 18.2 Å². The van der Waals surface area contributed by atoms with Gasteiger partial charge in [0.25, 0.3) is 0 Å². The molecule has 0 saturated carbocycles. The molecule has 0 atom stereocenters. The van der Waals surface area contributed by atoms with Gasteiger partial charge in [-0.15, -0.1) is 10.2 Å². The van der Waals surface area contributed by atoms with E-state index >= 15 is 0 Å². The number of amides is 1. The summed E-state index contributed by atoms with van der Waals surface area (Å²) in [4.78, 5) is 11.7. The Kier molecular flexibility index (Phi) is 4.95. The zero-order valence-electron chi connectivity index (χ0n) is 9.96. The van der Waals surface area contributed by atoms with Crippen molar-refractivity contribution in [1.82, 2.24) is 10.2 Å². The van der Waals surface area contributed by atoms with Gasteiger partial charge in [0.1, 0.15) is 0 Å². The maximum atomic E-state index is 11.7. The van der Waals surface area contributed by atoms with Crippen molar-refractivity contribution in [1.29, 1.82) is 0 Å². The third-order valence-electron chi connectivity index (χ3n) is 2.11. The predicted octanol–water partition coefficient (Wildman–Crippen LogP) is 3.57. The van der Waals surface area contributed by atoms with Gasteiger partial charge in [0.05, 0.1) is 0 Å². The number of carbonyl (C=O) groups excluding carboxylic acids is 1. The topological polar surface area (TPSA) is 54.9 Å². The van der Waals surface area contributed by atoms with Crippen molar-refractivity contribution in [2.45, 2.75) is 4.34 Å². The normalized spacial score (nSPS) is 10.8. The molecule has 1 amide bonds. The first-order valence-corrected chi connectivity index (χ1v) is 7.71. The molecule has 1 aromatic carbocycles. The maximum absolute atomic E-state index is 11.7. The van der Waals surface area contributed by atoms with Gasteiger partial charge in [-0.2, -0.15) is 0 Å². The minimum absolute atomic E-state index is 0.237. The Hall–Kier alpha value is -1.37. The van der Waals surface area contributed by atoms with Crippen LogP contribution in [0.2, 0.25) is 5.02 Å². The Balaban J connectivity index is 1.95. The number of benzene rings is 1. The third kappa shape index (κ3) is 4.34. The van der Waals surface area contributed by atoms with Gasteiger partial charge in [0.15, 0.2) is 4.34 Å². The third-order valence-corrected chi connectivity index (χ3v) is 4.17. The number of hydrogen-bond acceptors (Lipinski definition) is 5. The summed E-state index contributed by atoms with van der Waals surface area (Å²) in [5, 5.41) is 11.6. The highest BCUT2D eigenvalue weighted by molar-refractivity contribution is 8.00. The molecule has 2 aromatic rings. The fraction of sp³-hybridized carbons (Fsp3) is 0.0833. The first kappa shape index (κ1) is 14.0. The number of hydrogen-bond donors (Lipinski definition) is 1. The highest BCUT2D eigenvalue weighted by Gasteiger charge is 2.04. The molecule has 0 aliphatic heterocycles. The van der Waals surface area contributed by atoms with Crippen LogP contribution in [0.25, 0.3) is 6.08 Å². The fourth-order valence-electron chi connectivity index (χ4n) is 1.24. The second-order valence-electron chi connectivity index (χ2n) is 3.45.